The van der Waals surface area contributed by atoms with E-state index in [0.29, 0.717) is 12.6 Å². The van der Waals surface area contributed by atoms with Crippen LogP contribution in [-0.2, 0) is 4.79 Å². The molecule has 0 radical (unpaired) electrons. The van der Waals surface area contributed by atoms with E-state index in [4.69, 9.17) is 0 Å². The third kappa shape index (κ3) is 4.35. The van der Waals surface area contributed by atoms with Gasteiger partial charge in [0.1, 0.15) is 11.6 Å². The summed E-state index contributed by atoms with van der Waals surface area (Å²) in [5.41, 5.74) is 1.90. The SMILES string of the molecule is O=C(NC1CC1)C1CCCN(C(c2ccc(F)cc2)c2ccc(F)cc2)C1. The molecule has 2 aliphatic rings. The van der Waals surface area contributed by atoms with Crippen LogP contribution in [0, 0.1) is 17.6 Å². The van der Waals surface area contributed by atoms with E-state index < -0.39 is 0 Å². The zero-order valence-electron chi connectivity index (χ0n) is 15.2. The molecule has 3 nitrogen and oxygen atoms in total. The summed E-state index contributed by atoms with van der Waals surface area (Å²) in [5, 5.41) is 3.11. The number of halogens is 2. The Labute approximate surface area is 158 Å². The lowest BCUT2D eigenvalue weighted by atomic mass is 9.91. The van der Waals surface area contributed by atoms with Gasteiger partial charge in [-0.3, -0.25) is 9.69 Å². The molecule has 1 amide bonds. The summed E-state index contributed by atoms with van der Waals surface area (Å²) in [6, 6.07) is 13.1. The lowest BCUT2D eigenvalue weighted by Crippen LogP contribution is -2.45. The largest absolute Gasteiger partial charge is 0.353 e. The summed E-state index contributed by atoms with van der Waals surface area (Å²) in [4.78, 5) is 14.8. The molecule has 0 aromatic heterocycles. The molecule has 1 aliphatic heterocycles. The van der Waals surface area contributed by atoms with Gasteiger partial charge in [-0.1, -0.05) is 24.3 Å². The van der Waals surface area contributed by atoms with Crippen molar-refractivity contribution in [2.45, 2.75) is 37.8 Å². The van der Waals surface area contributed by atoms with Crippen molar-refractivity contribution in [1.82, 2.24) is 10.2 Å². The Kier molecular flexibility index (Phi) is 5.21. The smallest absolute Gasteiger partial charge is 0.224 e. The number of rotatable bonds is 5. The third-order valence-corrected chi connectivity index (χ3v) is 5.48. The molecule has 5 heteroatoms. The average molecular weight is 370 g/mol. The van der Waals surface area contributed by atoms with E-state index in [0.717, 1.165) is 43.4 Å². The van der Waals surface area contributed by atoms with Crippen molar-refractivity contribution in [3.8, 4) is 0 Å². The first-order valence-corrected chi connectivity index (χ1v) is 9.65. The topological polar surface area (TPSA) is 32.3 Å². The van der Waals surface area contributed by atoms with Crippen molar-refractivity contribution in [2.75, 3.05) is 13.1 Å². The molecule has 2 fully saturated rings. The second-order valence-electron chi connectivity index (χ2n) is 7.62. The van der Waals surface area contributed by atoms with Crippen molar-refractivity contribution in [3.05, 3.63) is 71.3 Å². The molecule has 1 N–H and O–H groups in total. The van der Waals surface area contributed by atoms with Crippen molar-refractivity contribution in [1.29, 1.82) is 0 Å². The van der Waals surface area contributed by atoms with E-state index in [1.165, 1.54) is 24.3 Å². The van der Waals surface area contributed by atoms with Gasteiger partial charge in [0.05, 0.1) is 12.0 Å². The molecule has 0 spiro atoms. The zero-order valence-corrected chi connectivity index (χ0v) is 15.2. The van der Waals surface area contributed by atoms with E-state index in [-0.39, 0.29) is 29.5 Å². The first-order chi connectivity index (χ1) is 13.1. The molecule has 2 aromatic carbocycles. The predicted octanol–water partition coefficient (Wildman–Crippen LogP) is 4.04. The fourth-order valence-corrected chi connectivity index (χ4v) is 3.91. The molecule has 4 rings (SSSR count). The molecule has 1 atom stereocenters. The molecule has 1 saturated heterocycles. The van der Waals surface area contributed by atoms with Gasteiger partial charge in [0, 0.05) is 12.6 Å². The standard InChI is InChI=1S/C22H24F2N2O/c23-18-7-3-15(4-8-18)21(16-5-9-19(24)10-6-16)26-13-1-2-17(14-26)22(27)25-20-11-12-20/h3-10,17,20-21H,1-2,11-14H2,(H,25,27). The van der Waals surface area contributed by atoms with Crippen molar-refractivity contribution in [3.63, 3.8) is 0 Å². The number of amides is 1. The lowest BCUT2D eigenvalue weighted by Gasteiger charge is -2.38. The van der Waals surface area contributed by atoms with Crippen LogP contribution in [0.2, 0.25) is 0 Å². The predicted molar refractivity (Wildman–Crippen MR) is 100 cm³/mol. The van der Waals surface area contributed by atoms with Crippen LogP contribution < -0.4 is 5.32 Å². The fraction of sp³-hybridized carbons (Fsp3) is 0.409. The third-order valence-electron chi connectivity index (χ3n) is 5.48. The van der Waals surface area contributed by atoms with Crippen molar-refractivity contribution in [2.24, 2.45) is 5.92 Å². The van der Waals surface area contributed by atoms with Crippen LogP contribution >= 0.6 is 0 Å². The first-order valence-electron chi connectivity index (χ1n) is 9.65. The maximum absolute atomic E-state index is 13.4. The highest BCUT2D eigenvalue weighted by Crippen LogP contribution is 2.33. The number of piperidine rings is 1. The quantitative estimate of drug-likeness (QED) is 0.861. The van der Waals surface area contributed by atoms with Gasteiger partial charge in [-0.25, -0.2) is 8.78 Å². The highest BCUT2D eigenvalue weighted by atomic mass is 19.1. The number of hydrogen-bond donors (Lipinski definition) is 1. The van der Waals surface area contributed by atoms with Crippen LogP contribution in [0.1, 0.15) is 42.9 Å². The van der Waals surface area contributed by atoms with E-state index in [1.54, 1.807) is 24.3 Å². The van der Waals surface area contributed by atoms with Crippen LogP contribution in [0.3, 0.4) is 0 Å². The van der Waals surface area contributed by atoms with E-state index in [9.17, 15) is 13.6 Å². The fourth-order valence-electron chi connectivity index (χ4n) is 3.91. The van der Waals surface area contributed by atoms with Crippen LogP contribution in [0.5, 0.6) is 0 Å². The summed E-state index contributed by atoms with van der Waals surface area (Å²) in [5.74, 6) is -0.462. The summed E-state index contributed by atoms with van der Waals surface area (Å²) in [6.45, 7) is 1.50. The molecular weight excluding hydrogens is 346 g/mol. The van der Waals surface area contributed by atoms with E-state index >= 15 is 0 Å². The normalized spacial score (nSPS) is 20.6. The molecule has 0 bridgehead atoms. The Morgan fingerprint density at radius 1 is 0.926 bits per heavy atom. The molecule has 2 aromatic rings. The van der Waals surface area contributed by atoms with Gasteiger partial charge in [0.25, 0.3) is 0 Å². The second-order valence-corrected chi connectivity index (χ2v) is 7.62. The number of benzene rings is 2. The van der Waals surface area contributed by atoms with Gasteiger partial charge in [-0.05, 0) is 67.6 Å². The summed E-state index contributed by atoms with van der Waals surface area (Å²) in [6.07, 6.45) is 3.97. The van der Waals surface area contributed by atoms with Gasteiger partial charge in [0.2, 0.25) is 5.91 Å². The monoisotopic (exact) mass is 370 g/mol. The van der Waals surface area contributed by atoms with Gasteiger partial charge < -0.3 is 5.32 Å². The van der Waals surface area contributed by atoms with Gasteiger partial charge in [0.15, 0.2) is 0 Å². The first kappa shape index (κ1) is 18.1. The van der Waals surface area contributed by atoms with E-state index in [2.05, 4.69) is 10.2 Å². The van der Waals surface area contributed by atoms with Crippen LogP contribution in [0.25, 0.3) is 0 Å². The Morgan fingerprint density at radius 2 is 1.48 bits per heavy atom. The Morgan fingerprint density at radius 3 is 2.00 bits per heavy atom. The number of carbonyl (C=O) groups is 1. The second kappa shape index (κ2) is 7.77. The number of likely N-dealkylation sites (tertiary alicyclic amines) is 1. The molecule has 1 unspecified atom stereocenters. The Bertz CT molecular complexity index is 741. The number of hydrogen-bond acceptors (Lipinski definition) is 2. The minimum atomic E-state index is -0.281. The number of nitrogens with zero attached hydrogens (tertiary/aromatic N) is 1. The maximum atomic E-state index is 13.4. The maximum Gasteiger partial charge on any atom is 0.224 e. The van der Waals surface area contributed by atoms with Gasteiger partial charge >= 0.3 is 0 Å². The zero-order chi connectivity index (χ0) is 18.8. The molecule has 1 saturated carbocycles. The molecular formula is C22H24F2N2O. The molecule has 1 aliphatic carbocycles. The van der Waals surface area contributed by atoms with E-state index in [1.807, 2.05) is 0 Å². The highest BCUT2D eigenvalue weighted by molar-refractivity contribution is 5.79. The molecule has 27 heavy (non-hydrogen) atoms. The van der Waals surface area contributed by atoms with Crippen molar-refractivity contribution >= 4 is 5.91 Å². The summed E-state index contributed by atoms with van der Waals surface area (Å²) < 4.78 is 26.9. The molecule has 1 heterocycles. The minimum absolute atomic E-state index is 0.0391. The minimum Gasteiger partial charge on any atom is -0.353 e. The van der Waals surface area contributed by atoms with Crippen LogP contribution in [-0.4, -0.2) is 29.9 Å². The number of nitrogens with one attached hydrogen (secondary N) is 1. The highest BCUT2D eigenvalue weighted by Gasteiger charge is 2.33. The Balaban J connectivity index is 1.59. The van der Waals surface area contributed by atoms with Gasteiger partial charge in [-0.15, -0.1) is 0 Å². The van der Waals surface area contributed by atoms with Crippen LogP contribution in [0.4, 0.5) is 8.78 Å². The summed E-state index contributed by atoms with van der Waals surface area (Å²) in [7, 11) is 0. The average Bonchev–Trinajstić information content (AvgIpc) is 3.49. The van der Waals surface area contributed by atoms with Crippen molar-refractivity contribution < 1.29 is 13.6 Å². The van der Waals surface area contributed by atoms with Crippen LogP contribution in [0.15, 0.2) is 48.5 Å². The Hall–Kier alpha value is -2.27. The number of carbonyl (C=O) groups excluding carboxylic acids is 1. The summed E-state index contributed by atoms with van der Waals surface area (Å²) >= 11 is 0. The van der Waals surface area contributed by atoms with Gasteiger partial charge in [-0.2, -0.15) is 0 Å². The lowest BCUT2D eigenvalue weighted by molar-refractivity contribution is -0.127. The molecule has 142 valence electrons.